The molecular weight excluding hydrogens is 464 g/mol. The van der Waals surface area contributed by atoms with Crippen molar-refractivity contribution < 1.29 is 33.3 Å². The van der Waals surface area contributed by atoms with Gasteiger partial charge in [-0.2, -0.15) is 0 Å². The van der Waals surface area contributed by atoms with Crippen LogP contribution in [-0.4, -0.2) is 62.7 Å². The van der Waals surface area contributed by atoms with E-state index < -0.39 is 5.92 Å². The summed E-state index contributed by atoms with van der Waals surface area (Å²) in [5.74, 6) is 2.05. The summed E-state index contributed by atoms with van der Waals surface area (Å²) in [6.45, 7) is 3.32. The van der Waals surface area contributed by atoms with Crippen molar-refractivity contribution in [3.05, 3.63) is 71.7 Å². The number of fused-ring (bicyclic) bond motifs is 1. The first-order chi connectivity index (χ1) is 17.6. The molecule has 2 aliphatic rings. The highest BCUT2D eigenvalue weighted by molar-refractivity contribution is 5.78. The molecule has 0 radical (unpaired) electrons. The van der Waals surface area contributed by atoms with Crippen molar-refractivity contribution in [2.45, 2.75) is 18.4 Å². The molecular formula is C27H30N2O7. The Balaban J connectivity index is 1.36. The molecule has 1 aromatic heterocycles. The number of nitrogens with one attached hydrogen (secondary N) is 1. The largest absolute Gasteiger partial charge is 0.508 e. The average Bonchev–Trinajstić information content (AvgIpc) is 3.60. The van der Waals surface area contributed by atoms with E-state index in [4.69, 9.17) is 23.4 Å². The number of carbonyl (C=O) groups is 1. The van der Waals surface area contributed by atoms with Gasteiger partial charge in [0.25, 0.3) is 0 Å². The number of benzene rings is 2. The Hall–Kier alpha value is -3.69. The van der Waals surface area contributed by atoms with Crippen LogP contribution in [0.3, 0.4) is 0 Å². The van der Waals surface area contributed by atoms with Crippen LogP contribution < -0.4 is 19.5 Å². The molecule has 0 spiro atoms. The van der Waals surface area contributed by atoms with Crippen LogP contribution >= 0.6 is 0 Å². The molecule has 9 nitrogen and oxygen atoms in total. The van der Waals surface area contributed by atoms with Crippen molar-refractivity contribution in [2.75, 3.05) is 46.8 Å². The molecule has 2 aliphatic heterocycles. The maximum absolute atomic E-state index is 13.3. The van der Waals surface area contributed by atoms with Gasteiger partial charge in [-0.05, 0) is 35.9 Å². The molecule has 0 bridgehead atoms. The summed E-state index contributed by atoms with van der Waals surface area (Å²) in [6.07, 6.45) is 1.78. The number of hydrogen-bond acceptors (Lipinski definition) is 8. The van der Waals surface area contributed by atoms with Crippen LogP contribution in [0.2, 0.25) is 0 Å². The van der Waals surface area contributed by atoms with Crippen molar-refractivity contribution in [1.29, 1.82) is 0 Å². The third-order valence-electron chi connectivity index (χ3n) is 6.66. The van der Waals surface area contributed by atoms with Crippen molar-refractivity contribution in [1.82, 2.24) is 10.2 Å². The third kappa shape index (κ3) is 5.27. The minimum Gasteiger partial charge on any atom is -0.508 e. The molecule has 190 valence electrons. The van der Waals surface area contributed by atoms with E-state index in [0.29, 0.717) is 42.6 Å². The molecule has 3 heterocycles. The second-order valence-corrected chi connectivity index (χ2v) is 8.78. The molecule has 0 saturated carbocycles. The highest BCUT2D eigenvalue weighted by Crippen LogP contribution is 2.43. The first-order valence-corrected chi connectivity index (χ1v) is 12.0. The minimum atomic E-state index is -0.407. The Kier molecular flexibility index (Phi) is 7.29. The highest BCUT2D eigenvalue weighted by atomic mass is 16.7. The molecule has 1 saturated heterocycles. The monoisotopic (exact) mass is 494 g/mol. The second kappa shape index (κ2) is 10.9. The summed E-state index contributed by atoms with van der Waals surface area (Å²) in [5.41, 5.74) is 1.46. The van der Waals surface area contributed by atoms with Crippen LogP contribution in [0, 0.1) is 0 Å². The predicted octanol–water partition coefficient (Wildman–Crippen LogP) is 3.43. The summed E-state index contributed by atoms with van der Waals surface area (Å²) in [4.78, 5) is 15.5. The first kappa shape index (κ1) is 24.0. The van der Waals surface area contributed by atoms with E-state index in [-0.39, 0.29) is 30.9 Å². The van der Waals surface area contributed by atoms with Gasteiger partial charge in [0.1, 0.15) is 17.3 Å². The van der Waals surface area contributed by atoms with Crippen LogP contribution in [0.1, 0.15) is 35.3 Å². The fourth-order valence-corrected chi connectivity index (χ4v) is 4.72. The Labute approximate surface area is 209 Å². The van der Waals surface area contributed by atoms with Gasteiger partial charge >= 0.3 is 0 Å². The van der Waals surface area contributed by atoms with E-state index in [1.54, 1.807) is 19.4 Å². The summed E-state index contributed by atoms with van der Waals surface area (Å²) in [7, 11) is 1.60. The molecule has 2 aromatic carbocycles. The SMILES string of the molecule is COc1ccc(C(CC(=O)NCC(c2ccco2)N2CCOCC2)c2cc3c(cc2O)OCO3)cc1. The van der Waals surface area contributed by atoms with Gasteiger partial charge in [0.05, 0.1) is 32.6 Å². The van der Waals surface area contributed by atoms with Crippen LogP contribution in [-0.2, 0) is 9.53 Å². The zero-order valence-corrected chi connectivity index (χ0v) is 20.1. The molecule has 0 aliphatic carbocycles. The smallest absolute Gasteiger partial charge is 0.231 e. The predicted molar refractivity (Wildman–Crippen MR) is 131 cm³/mol. The molecule has 2 atom stereocenters. The maximum atomic E-state index is 13.3. The van der Waals surface area contributed by atoms with Gasteiger partial charge < -0.3 is 33.8 Å². The number of furan rings is 1. The van der Waals surface area contributed by atoms with E-state index in [0.717, 1.165) is 24.4 Å². The number of rotatable bonds is 9. The topological polar surface area (TPSA) is 103 Å². The Morgan fingerprint density at radius 2 is 1.86 bits per heavy atom. The lowest BCUT2D eigenvalue weighted by molar-refractivity contribution is -0.121. The van der Waals surface area contributed by atoms with E-state index in [1.807, 2.05) is 36.4 Å². The van der Waals surface area contributed by atoms with Gasteiger partial charge in [-0.3, -0.25) is 9.69 Å². The molecule has 36 heavy (non-hydrogen) atoms. The molecule has 2 N–H and O–H groups in total. The van der Waals surface area contributed by atoms with E-state index >= 15 is 0 Å². The van der Waals surface area contributed by atoms with Crippen molar-refractivity contribution >= 4 is 5.91 Å². The number of hydrogen-bond donors (Lipinski definition) is 2. The van der Waals surface area contributed by atoms with Gasteiger partial charge in [0, 0.05) is 43.6 Å². The normalized spacial score (nSPS) is 16.9. The highest BCUT2D eigenvalue weighted by Gasteiger charge is 2.28. The number of nitrogens with zero attached hydrogens (tertiary/aromatic N) is 1. The molecule has 1 amide bonds. The number of phenolic OH excluding ortho intramolecular Hbond substituents is 1. The third-order valence-corrected chi connectivity index (χ3v) is 6.66. The summed E-state index contributed by atoms with van der Waals surface area (Å²) in [6, 6.07) is 14.5. The lowest BCUT2D eigenvalue weighted by atomic mass is 9.87. The van der Waals surface area contributed by atoms with Crippen molar-refractivity contribution in [3.63, 3.8) is 0 Å². The first-order valence-electron chi connectivity index (χ1n) is 12.0. The summed E-state index contributed by atoms with van der Waals surface area (Å²) < 4.78 is 27.4. The zero-order valence-electron chi connectivity index (χ0n) is 20.1. The number of phenols is 1. The number of aromatic hydroxyl groups is 1. The lowest BCUT2D eigenvalue weighted by Crippen LogP contribution is -2.43. The molecule has 5 rings (SSSR count). The van der Waals surface area contributed by atoms with Crippen LogP contribution in [0.5, 0.6) is 23.0 Å². The average molecular weight is 495 g/mol. The fourth-order valence-electron chi connectivity index (χ4n) is 4.72. The maximum Gasteiger partial charge on any atom is 0.231 e. The fraction of sp³-hybridized carbons (Fsp3) is 0.370. The number of carbonyl (C=O) groups excluding carboxylic acids is 1. The van der Waals surface area contributed by atoms with E-state index in [2.05, 4.69) is 10.2 Å². The second-order valence-electron chi connectivity index (χ2n) is 8.78. The van der Waals surface area contributed by atoms with E-state index in [1.165, 1.54) is 6.07 Å². The van der Waals surface area contributed by atoms with Crippen molar-refractivity contribution in [3.8, 4) is 23.0 Å². The Bertz CT molecular complexity index is 1160. The Morgan fingerprint density at radius 1 is 1.11 bits per heavy atom. The van der Waals surface area contributed by atoms with E-state index in [9.17, 15) is 9.90 Å². The van der Waals surface area contributed by atoms with Crippen molar-refractivity contribution in [2.24, 2.45) is 0 Å². The van der Waals surface area contributed by atoms with Crippen LogP contribution in [0.25, 0.3) is 0 Å². The Morgan fingerprint density at radius 3 is 2.56 bits per heavy atom. The number of ether oxygens (including phenoxy) is 4. The quantitative estimate of drug-likeness (QED) is 0.467. The molecule has 3 aromatic rings. The van der Waals surface area contributed by atoms with Crippen LogP contribution in [0.15, 0.2) is 59.2 Å². The van der Waals surface area contributed by atoms with Crippen LogP contribution in [0.4, 0.5) is 0 Å². The van der Waals surface area contributed by atoms with Gasteiger partial charge in [-0.15, -0.1) is 0 Å². The zero-order chi connectivity index (χ0) is 24.9. The summed E-state index contributed by atoms with van der Waals surface area (Å²) in [5, 5.41) is 13.9. The molecule has 2 unspecified atom stereocenters. The van der Waals surface area contributed by atoms with Gasteiger partial charge in [-0.1, -0.05) is 12.1 Å². The van der Waals surface area contributed by atoms with Gasteiger partial charge in [0.15, 0.2) is 11.5 Å². The van der Waals surface area contributed by atoms with Gasteiger partial charge in [-0.25, -0.2) is 0 Å². The minimum absolute atomic E-state index is 0.0506. The molecule has 1 fully saturated rings. The summed E-state index contributed by atoms with van der Waals surface area (Å²) >= 11 is 0. The number of morpholine rings is 1. The van der Waals surface area contributed by atoms with Gasteiger partial charge in [0.2, 0.25) is 12.7 Å². The number of amides is 1. The lowest BCUT2D eigenvalue weighted by Gasteiger charge is -2.33. The number of methoxy groups -OCH3 is 1. The molecule has 9 heteroatoms. The standard InChI is InChI=1S/C27H30N2O7/c1-32-19-6-4-18(5-7-19)20(21-13-25-26(15-23(21)30)36-17-35-25)14-27(31)28-16-22(24-3-2-10-34-24)29-8-11-33-12-9-29/h2-7,10,13,15,20,22,30H,8-9,11-12,14,16-17H2,1H3,(H,28,31).